The molecular formula is C19H29FN6O2S. The number of allylic oxidation sites excluding steroid dienone is 2. The van der Waals surface area contributed by atoms with Gasteiger partial charge in [0.2, 0.25) is 0 Å². The summed E-state index contributed by atoms with van der Waals surface area (Å²) in [5, 5.41) is 12.2. The predicted molar refractivity (Wildman–Crippen MR) is 118 cm³/mol. The lowest BCUT2D eigenvalue weighted by Gasteiger charge is -2.17. The number of hydrogen-bond acceptors (Lipinski definition) is 8. The molecule has 0 saturated heterocycles. The summed E-state index contributed by atoms with van der Waals surface area (Å²) in [7, 11) is 1.86. The van der Waals surface area contributed by atoms with E-state index >= 15 is 0 Å². The average Bonchev–Trinajstić information content (AvgIpc) is 2.81. The number of halogens is 1. The van der Waals surface area contributed by atoms with Gasteiger partial charge in [-0.3, -0.25) is 9.79 Å². The lowest BCUT2D eigenvalue weighted by molar-refractivity contribution is -0.114. The lowest BCUT2D eigenvalue weighted by atomic mass is 10.3. The molecule has 8 nitrogen and oxygen atoms in total. The van der Waals surface area contributed by atoms with E-state index < -0.39 is 0 Å². The Morgan fingerprint density at radius 2 is 2.28 bits per heavy atom. The highest BCUT2D eigenvalue weighted by atomic mass is 32.2. The first-order valence-electron chi connectivity index (χ1n) is 9.18. The van der Waals surface area contributed by atoms with Gasteiger partial charge in [0.15, 0.2) is 5.04 Å². The molecule has 160 valence electrons. The molecule has 0 spiro atoms. The quantitative estimate of drug-likeness (QED) is 0.230. The Bertz CT molecular complexity index is 701. The largest absolute Gasteiger partial charge is 0.489 e. The molecule has 10 heteroatoms. The maximum absolute atomic E-state index is 12.8. The minimum Gasteiger partial charge on any atom is -0.489 e. The fourth-order valence-corrected chi connectivity index (χ4v) is 2.59. The van der Waals surface area contributed by atoms with Crippen LogP contribution in [0, 0.1) is 0 Å². The molecule has 0 atom stereocenters. The first-order valence-corrected chi connectivity index (χ1v) is 10.1. The summed E-state index contributed by atoms with van der Waals surface area (Å²) in [6.07, 6.45) is 5.22. The third-order valence-corrected chi connectivity index (χ3v) is 4.08. The van der Waals surface area contributed by atoms with Crippen molar-refractivity contribution in [2.45, 2.75) is 26.4 Å². The number of rotatable bonds is 11. The van der Waals surface area contributed by atoms with Crippen LogP contribution in [0.2, 0.25) is 0 Å². The second-order valence-corrected chi connectivity index (χ2v) is 6.83. The van der Waals surface area contributed by atoms with Crippen LogP contribution < -0.4 is 21.3 Å². The number of hydrogen-bond donors (Lipinski definition) is 4. The van der Waals surface area contributed by atoms with Crippen molar-refractivity contribution in [1.82, 2.24) is 21.3 Å². The van der Waals surface area contributed by atoms with Gasteiger partial charge in [0.05, 0.1) is 29.9 Å². The topological polar surface area (TPSA) is 99.1 Å². The number of aliphatic imine (C=N–C) groups is 2. The van der Waals surface area contributed by atoms with Crippen LogP contribution >= 0.6 is 11.8 Å². The maximum atomic E-state index is 12.8. The van der Waals surface area contributed by atoms with Gasteiger partial charge in [0.1, 0.15) is 18.2 Å². The summed E-state index contributed by atoms with van der Waals surface area (Å²) in [6.45, 7) is 9.03. The molecule has 4 N–H and O–H groups in total. The Hall–Kier alpha value is -2.59. The van der Waals surface area contributed by atoms with Crippen molar-refractivity contribution in [3.8, 4) is 0 Å². The number of ether oxygens (including phenoxy) is 1. The van der Waals surface area contributed by atoms with Crippen LogP contribution in [0.4, 0.5) is 4.39 Å². The van der Waals surface area contributed by atoms with Crippen LogP contribution in [0.1, 0.15) is 20.3 Å². The number of carbonyl (C=O) groups excluding carboxylic acids is 1. The van der Waals surface area contributed by atoms with Gasteiger partial charge in [-0.05, 0) is 39.9 Å². The van der Waals surface area contributed by atoms with E-state index in [2.05, 4.69) is 37.8 Å². The van der Waals surface area contributed by atoms with E-state index in [0.29, 0.717) is 24.4 Å². The summed E-state index contributed by atoms with van der Waals surface area (Å²) >= 11 is 1.13. The Labute approximate surface area is 175 Å². The monoisotopic (exact) mass is 424 g/mol. The molecule has 1 aliphatic heterocycles. The van der Waals surface area contributed by atoms with Gasteiger partial charge in [-0.15, -0.1) is 0 Å². The van der Waals surface area contributed by atoms with Gasteiger partial charge >= 0.3 is 0 Å². The van der Waals surface area contributed by atoms with Gasteiger partial charge < -0.3 is 26.0 Å². The number of nitrogens with zero attached hydrogens (tertiary/aromatic N) is 2. The Kier molecular flexibility index (Phi) is 12.2. The highest BCUT2D eigenvalue weighted by Crippen LogP contribution is 2.12. The minimum atomic E-state index is -0.279. The normalized spacial score (nSPS) is 18.2. The highest BCUT2D eigenvalue weighted by Gasteiger charge is 2.12. The number of nitrogens with one attached hydrogen (secondary N) is 4. The van der Waals surface area contributed by atoms with Crippen LogP contribution in [-0.2, 0) is 9.53 Å². The number of amides is 1. The molecule has 0 aromatic heterocycles. The Morgan fingerprint density at radius 1 is 1.48 bits per heavy atom. The van der Waals surface area contributed by atoms with Crippen LogP contribution in [0.25, 0.3) is 0 Å². The first-order chi connectivity index (χ1) is 14.0. The zero-order chi connectivity index (χ0) is 21.5. The Morgan fingerprint density at radius 3 is 2.93 bits per heavy atom. The van der Waals surface area contributed by atoms with Crippen molar-refractivity contribution in [3.05, 3.63) is 48.5 Å². The van der Waals surface area contributed by atoms with Gasteiger partial charge in [-0.1, -0.05) is 18.3 Å². The van der Waals surface area contributed by atoms with E-state index in [4.69, 9.17) is 4.74 Å². The molecule has 29 heavy (non-hydrogen) atoms. The van der Waals surface area contributed by atoms with Crippen molar-refractivity contribution >= 4 is 28.3 Å². The minimum absolute atomic E-state index is 0.155. The predicted octanol–water partition coefficient (Wildman–Crippen LogP) is 2.13. The maximum Gasteiger partial charge on any atom is 0.276 e. The fourth-order valence-electron chi connectivity index (χ4n) is 2.05. The van der Waals surface area contributed by atoms with E-state index in [-0.39, 0.29) is 29.5 Å². The standard InChI is InChI=1S/C19H29FN6O2S/c1-5-15(16(7-8-20)28-14(2)3)26-17-11-24-19(29-13-22-12-25-17)18(27)23-10-6-9-21-4/h5,7-8,11,13-14,21,25-26H,1,6,9-10,12H2,2-4H3,(H,23,27)/b8-7+,16-15-,17-11-,22-13+,24-19?. The number of thioether (sulfide) groups is 1. The van der Waals surface area contributed by atoms with E-state index in [1.807, 2.05) is 20.9 Å². The van der Waals surface area contributed by atoms with Crippen LogP contribution in [-0.4, -0.2) is 49.4 Å². The van der Waals surface area contributed by atoms with Crippen molar-refractivity contribution in [2.75, 3.05) is 26.8 Å². The molecule has 0 radical (unpaired) electrons. The van der Waals surface area contributed by atoms with Crippen molar-refractivity contribution < 1.29 is 13.9 Å². The van der Waals surface area contributed by atoms with Crippen LogP contribution in [0.3, 0.4) is 0 Å². The van der Waals surface area contributed by atoms with E-state index in [9.17, 15) is 9.18 Å². The lowest BCUT2D eigenvalue weighted by Crippen LogP contribution is -2.31. The van der Waals surface area contributed by atoms with Crippen LogP contribution in [0.15, 0.2) is 58.5 Å². The van der Waals surface area contributed by atoms with Gasteiger partial charge in [0.25, 0.3) is 5.91 Å². The van der Waals surface area contributed by atoms with Crippen molar-refractivity contribution in [1.29, 1.82) is 0 Å². The zero-order valence-electron chi connectivity index (χ0n) is 17.0. The van der Waals surface area contributed by atoms with Gasteiger partial charge in [-0.2, -0.15) is 0 Å². The third kappa shape index (κ3) is 9.95. The zero-order valence-corrected chi connectivity index (χ0v) is 17.8. The molecule has 1 heterocycles. The molecule has 0 saturated carbocycles. The molecule has 0 aliphatic carbocycles. The first kappa shape index (κ1) is 24.4. The van der Waals surface area contributed by atoms with Gasteiger partial charge in [0, 0.05) is 12.6 Å². The van der Waals surface area contributed by atoms with E-state index in [1.54, 1.807) is 5.55 Å². The average molecular weight is 425 g/mol. The van der Waals surface area contributed by atoms with Crippen LogP contribution in [0.5, 0.6) is 0 Å². The summed E-state index contributed by atoms with van der Waals surface area (Å²) in [6, 6.07) is 0. The fraction of sp³-hybridized carbons (Fsp3) is 0.421. The molecule has 1 rings (SSSR count). The highest BCUT2D eigenvalue weighted by molar-refractivity contribution is 8.26. The van der Waals surface area contributed by atoms with E-state index in [0.717, 1.165) is 24.7 Å². The summed E-state index contributed by atoms with van der Waals surface area (Å²) in [4.78, 5) is 20.8. The van der Waals surface area contributed by atoms with Crippen molar-refractivity contribution in [3.63, 3.8) is 0 Å². The Balaban J connectivity index is 3.01. The molecular weight excluding hydrogens is 395 g/mol. The molecule has 1 aliphatic rings. The second-order valence-electron chi connectivity index (χ2n) is 6.00. The smallest absolute Gasteiger partial charge is 0.276 e. The molecule has 0 aromatic carbocycles. The molecule has 1 amide bonds. The summed E-state index contributed by atoms with van der Waals surface area (Å²) in [5.41, 5.74) is 2.00. The second kappa shape index (κ2) is 14.4. The van der Waals surface area contributed by atoms with E-state index in [1.165, 1.54) is 18.4 Å². The van der Waals surface area contributed by atoms with Gasteiger partial charge in [-0.25, -0.2) is 9.38 Å². The number of carbonyl (C=O) groups is 1. The molecule has 0 aromatic rings. The molecule has 0 unspecified atom stereocenters. The SMILES string of the molecule is C=C/C(N/C1=C\N=C(C(=O)NCCCNC)S/C=N/CN1)=C(\C=C\F)OC(C)C. The molecule has 0 fully saturated rings. The summed E-state index contributed by atoms with van der Waals surface area (Å²) in [5.74, 6) is 0.459. The molecule has 0 bridgehead atoms. The summed E-state index contributed by atoms with van der Waals surface area (Å²) < 4.78 is 18.4. The van der Waals surface area contributed by atoms with Crippen molar-refractivity contribution in [2.24, 2.45) is 9.98 Å². The third-order valence-electron chi connectivity index (χ3n) is 3.31.